The highest BCUT2D eigenvalue weighted by Gasteiger charge is 2.03. The van der Waals surface area contributed by atoms with Crippen molar-refractivity contribution >= 4 is 11.6 Å². The van der Waals surface area contributed by atoms with Crippen LogP contribution in [0, 0.1) is 13.8 Å². The van der Waals surface area contributed by atoms with Crippen molar-refractivity contribution < 1.29 is 5.11 Å². The van der Waals surface area contributed by atoms with Gasteiger partial charge in [-0.2, -0.15) is 0 Å². The van der Waals surface area contributed by atoms with Crippen molar-refractivity contribution in [2.24, 2.45) is 0 Å². The number of rotatable bonds is 1. The topological polar surface area (TPSA) is 20.2 Å². The monoisotopic (exact) mass is 232 g/mol. The normalized spacial score (nSPS) is 10.4. The van der Waals surface area contributed by atoms with Gasteiger partial charge in [0, 0.05) is 5.02 Å². The Morgan fingerprint density at radius 3 is 2.00 bits per heavy atom. The quantitative estimate of drug-likeness (QED) is 0.776. The number of benzene rings is 2. The van der Waals surface area contributed by atoms with Gasteiger partial charge in [-0.25, -0.2) is 0 Å². The van der Waals surface area contributed by atoms with Crippen molar-refractivity contribution in [3.8, 4) is 16.9 Å². The van der Waals surface area contributed by atoms with E-state index in [1.165, 1.54) is 0 Å². The Hall–Kier alpha value is -1.47. The van der Waals surface area contributed by atoms with Crippen LogP contribution in [0.5, 0.6) is 5.75 Å². The lowest BCUT2D eigenvalue weighted by molar-refractivity contribution is 0.471. The molecule has 0 bridgehead atoms. The van der Waals surface area contributed by atoms with Crippen LogP contribution in [0.25, 0.3) is 11.1 Å². The van der Waals surface area contributed by atoms with Crippen molar-refractivity contribution in [1.82, 2.24) is 0 Å². The highest BCUT2D eigenvalue weighted by atomic mass is 35.5. The maximum atomic E-state index is 9.47. The molecule has 0 saturated carbocycles. The number of aryl methyl sites for hydroxylation is 2. The molecule has 0 aliphatic rings. The molecule has 0 spiro atoms. The molecule has 0 heterocycles. The molecule has 2 aromatic carbocycles. The van der Waals surface area contributed by atoms with Gasteiger partial charge in [0.2, 0.25) is 0 Å². The number of hydrogen-bond acceptors (Lipinski definition) is 1. The van der Waals surface area contributed by atoms with E-state index in [9.17, 15) is 5.11 Å². The summed E-state index contributed by atoms with van der Waals surface area (Å²) in [5.74, 6) is 0.328. The summed E-state index contributed by atoms with van der Waals surface area (Å²) in [5.41, 5.74) is 4.15. The molecular formula is C14H13ClO. The van der Waals surface area contributed by atoms with Crippen LogP contribution in [-0.2, 0) is 0 Å². The number of aromatic hydroxyl groups is 1. The Morgan fingerprint density at radius 1 is 0.875 bits per heavy atom. The third kappa shape index (κ3) is 2.05. The molecule has 2 aromatic rings. The molecule has 0 aromatic heterocycles. The van der Waals surface area contributed by atoms with Gasteiger partial charge in [0.25, 0.3) is 0 Å². The summed E-state index contributed by atoms with van der Waals surface area (Å²) < 4.78 is 0. The van der Waals surface area contributed by atoms with E-state index >= 15 is 0 Å². The minimum atomic E-state index is 0.328. The third-order valence-corrected chi connectivity index (χ3v) is 3.11. The predicted octanol–water partition coefficient (Wildman–Crippen LogP) is 4.33. The van der Waals surface area contributed by atoms with Crippen LogP contribution >= 0.6 is 11.6 Å². The fourth-order valence-corrected chi connectivity index (χ4v) is 1.78. The van der Waals surface area contributed by atoms with Gasteiger partial charge in [-0.05, 0) is 60.4 Å². The number of halogens is 1. The predicted molar refractivity (Wildman–Crippen MR) is 68.0 cm³/mol. The molecule has 0 unspecified atom stereocenters. The van der Waals surface area contributed by atoms with E-state index in [-0.39, 0.29) is 0 Å². The fourth-order valence-electron chi connectivity index (χ4n) is 1.66. The fraction of sp³-hybridized carbons (Fsp3) is 0.143. The Labute approximate surface area is 100 Å². The van der Waals surface area contributed by atoms with E-state index in [0.29, 0.717) is 5.75 Å². The molecule has 0 fully saturated rings. The summed E-state index contributed by atoms with van der Waals surface area (Å²) in [7, 11) is 0. The lowest BCUT2D eigenvalue weighted by atomic mass is 10.0. The van der Waals surface area contributed by atoms with Crippen LogP contribution in [0.2, 0.25) is 5.02 Å². The van der Waals surface area contributed by atoms with E-state index in [1.54, 1.807) is 6.07 Å². The van der Waals surface area contributed by atoms with E-state index in [2.05, 4.69) is 0 Å². The van der Waals surface area contributed by atoms with Gasteiger partial charge in [-0.15, -0.1) is 0 Å². The first-order chi connectivity index (χ1) is 7.58. The Morgan fingerprint density at radius 2 is 1.44 bits per heavy atom. The minimum absolute atomic E-state index is 0.328. The van der Waals surface area contributed by atoms with Gasteiger partial charge < -0.3 is 5.11 Å². The summed E-state index contributed by atoms with van der Waals surface area (Å²) in [6, 6.07) is 11.5. The lowest BCUT2D eigenvalue weighted by Crippen LogP contribution is -1.82. The molecule has 82 valence electrons. The van der Waals surface area contributed by atoms with Crippen molar-refractivity contribution in [3.63, 3.8) is 0 Å². The average molecular weight is 233 g/mol. The van der Waals surface area contributed by atoms with Gasteiger partial charge in [-0.3, -0.25) is 0 Å². The van der Waals surface area contributed by atoms with Crippen molar-refractivity contribution in [2.75, 3.05) is 0 Å². The summed E-state index contributed by atoms with van der Waals surface area (Å²) in [5, 5.41) is 10.2. The molecule has 2 heteroatoms. The second-order valence-electron chi connectivity index (χ2n) is 3.97. The van der Waals surface area contributed by atoms with E-state index in [0.717, 1.165) is 27.3 Å². The molecule has 2 rings (SSSR count). The van der Waals surface area contributed by atoms with Crippen LogP contribution in [-0.4, -0.2) is 5.11 Å². The molecule has 0 amide bonds. The zero-order valence-corrected chi connectivity index (χ0v) is 10.0. The Balaban J connectivity index is 2.50. The summed E-state index contributed by atoms with van der Waals surface area (Å²) in [4.78, 5) is 0. The van der Waals surface area contributed by atoms with Crippen molar-refractivity contribution in [1.29, 1.82) is 0 Å². The highest BCUT2D eigenvalue weighted by Crippen LogP contribution is 2.28. The first-order valence-electron chi connectivity index (χ1n) is 5.14. The largest absolute Gasteiger partial charge is 0.508 e. The SMILES string of the molecule is Cc1cc(-c2ccc(Cl)c(C)c2)ccc1O. The van der Waals surface area contributed by atoms with Gasteiger partial charge >= 0.3 is 0 Å². The maximum absolute atomic E-state index is 9.47. The Bertz CT molecular complexity index is 483. The molecule has 16 heavy (non-hydrogen) atoms. The number of phenolic OH excluding ortho intramolecular Hbond substituents is 1. The minimum Gasteiger partial charge on any atom is -0.508 e. The van der Waals surface area contributed by atoms with Crippen LogP contribution in [0.15, 0.2) is 36.4 Å². The molecular weight excluding hydrogens is 220 g/mol. The van der Waals surface area contributed by atoms with Crippen LogP contribution < -0.4 is 0 Å². The maximum Gasteiger partial charge on any atom is 0.118 e. The van der Waals surface area contributed by atoms with Crippen molar-refractivity contribution in [2.45, 2.75) is 13.8 Å². The highest BCUT2D eigenvalue weighted by molar-refractivity contribution is 6.31. The first-order valence-corrected chi connectivity index (χ1v) is 5.52. The van der Waals surface area contributed by atoms with Crippen molar-refractivity contribution in [3.05, 3.63) is 52.5 Å². The average Bonchev–Trinajstić information content (AvgIpc) is 2.26. The molecule has 0 radical (unpaired) electrons. The first kappa shape index (κ1) is 11.0. The number of hydrogen-bond donors (Lipinski definition) is 1. The summed E-state index contributed by atoms with van der Waals surface area (Å²) in [6.07, 6.45) is 0. The van der Waals surface area contributed by atoms with Gasteiger partial charge in [0.15, 0.2) is 0 Å². The molecule has 0 aliphatic heterocycles. The standard InChI is InChI=1S/C14H13ClO/c1-9-7-11(3-5-13(9)15)12-4-6-14(16)10(2)8-12/h3-8,16H,1-2H3. The molecule has 0 atom stereocenters. The molecule has 0 saturated heterocycles. The molecule has 1 nitrogen and oxygen atoms in total. The molecule has 0 aliphatic carbocycles. The lowest BCUT2D eigenvalue weighted by Gasteiger charge is -2.06. The summed E-state index contributed by atoms with van der Waals surface area (Å²) >= 11 is 5.98. The zero-order valence-electron chi connectivity index (χ0n) is 9.29. The van der Waals surface area contributed by atoms with E-state index in [1.807, 2.05) is 44.2 Å². The van der Waals surface area contributed by atoms with Gasteiger partial charge in [0.1, 0.15) is 5.75 Å². The van der Waals surface area contributed by atoms with Gasteiger partial charge in [-0.1, -0.05) is 23.7 Å². The Kier molecular flexibility index (Phi) is 2.88. The molecule has 1 N–H and O–H groups in total. The van der Waals surface area contributed by atoms with Crippen LogP contribution in [0.3, 0.4) is 0 Å². The number of phenols is 1. The summed E-state index contributed by atoms with van der Waals surface area (Å²) in [6.45, 7) is 3.88. The zero-order chi connectivity index (χ0) is 11.7. The van der Waals surface area contributed by atoms with Gasteiger partial charge in [0.05, 0.1) is 0 Å². The van der Waals surface area contributed by atoms with E-state index in [4.69, 9.17) is 11.6 Å². The van der Waals surface area contributed by atoms with E-state index < -0.39 is 0 Å². The third-order valence-electron chi connectivity index (χ3n) is 2.69. The smallest absolute Gasteiger partial charge is 0.118 e. The van der Waals surface area contributed by atoms with Crippen LogP contribution in [0.1, 0.15) is 11.1 Å². The second-order valence-corrected chi connectivity index (χ2v) is 4.37. The van der Waals surface area contributed by atoms with Crippen LogP contribution in [0.4, 0.5) is 0 Å². The second kappa shape index (κ2) is 4.18.